The molecular weight excluding hydrogens is 169 g/mol. The molecule has 2 nitrogen and oxygen atoms in total. The van der Waals surface area contributed by atoms with Crippen LogP contribution in [0.1, 0.15) is 32.6 Å². The summed E-state index contributed by atoms with van der Waals surface area (Å²) in [7, 11) is 0. The average molecular weight is 185 g/mol. The minimum Gasteiger partial charge on any atom is -0.247 e. The van der Waals surface area contributed by atoms with Crippen molar-refractivity contribution < 1.29 is 9.18 Å². The zero-order valence-corrected chi connectivity index (χ0v) is 8.00. The molecule has 1 rings (SSSR count). The SMILES string of the molecule is CC(F)C1CCC(CN=C=O)CC1. The van der Waals surface area contributed by atoms with Crippen LogP contribution in [0.3, 0.4) is 0 Å². The summed E-state index contributed by atoms with van der Waals surface area (Å²) in [6, 6.07) is 0. The van der Waals surface area contributed by atoms with Crippen molar-refractivity contribution in [3.8, 4) is 0 Å². The van der Waals surface area contributed by atoms with Gasteiger partial charge in [0.15, 0.2) is 0 Å². The molecule has 0 aliphatic heterocycles. The van der Waals surface area contributed by atoms with E-state index < -0.39 is 6.17 Å². The van der Waals surface area contributed by atoms with Gasteiger partial charge in [-0.25, -0.2) is 14.2 Å². The zero-order chi connectivity index (χ0) is 9.68. The summed E-state index contributed by atoms with van der Waals surface area (Å²) in [6.45, 7) is 2.21. The number of nitrogens with zero attached hydrogens (tertiary/aromatic N) is 1. The largest absolute Gasteiger partial charge is 0.247 e. The van der Waals surface area contributed by atoms with Gasteiger partial charge in [0.05, 0.1) is 6.54 Å². The highest BCUT2D eigenvalue weighted by atomic mass is 19.1. The Morgan fingerprint density at radius 2 is 2.08 bits per heavy atom. The highest BCUT2D eigenvalue weighted by Gasteiger charge is 2.24. The van der Waals surface area contributed by atoms with E-state index in [0.29, 0.717) is 12.5 Å². The van der Waals surface area contributed by atoms with Gasteiger partial charge in [-0.1, -0.05) is 0 Å². The van der Waals surface area contributed by atoms with Gasteiger partial charge in [0, 0.05) is 0 Å². The normalized spacial score (nSPS) is 30.6. The molecule has 0 aromatic carbocycles. The lowest BCUT2D eigenvalue weighted by atomic mass is 9.80. The first-order chi connectivity index (χ1) is 6.24. The highest BCUT2D eigenvalue weighted by molar-refractivity contribution is 5.32. The molecule has 0 amide bonds. The van der Waals surface area contributed by atoms with E-state index >= 15 is 0 Å². The smallest absolute Gasteiger partial charge is 0.234 e. The first-order valence-electron chi connectivity index (χ1n) is 4.91. The van der Waals surface area contributed by atoms with Crippen molar-refractivity contribution in [2.45, 2.75) is 38.8 Å². The number of alkyl halides is 1. The number of hydrogen-bond acceptors (Lipinski definition) is 2. The molecule has 0 heterocycles. The van der Waals surface area contributed by atoms with E-state index in [4.69, 9.17) is 0 Å². The second-order valence-corrected chi connectivity index (χ2v) is 3.89. The molecule has 1 unspecified atom stereocenters. The molecule has 0 aromatic rings. The standard InChI is InChI=1S/C10H16FNO/c1-8(11)10-4-2-9(3-5-10)6-12-7-13/h8-10H,2-6H2,1H3. The molecule has 0 bridgehead atoms. The number of rotatable bonds is 3. The van der Waals surface area contributed by atoms with Crippen LogP contribution in [0.5, 0.6) is 0 Å². The molecule has 0 spiro atoms. The third-order valence-corrected chi connectivity index (χ3v) is 2.96. The molecular formula is C10H16FNO. The predicted molar refractivity (Wildman–Crippen MR) is 49.0 cm³/mol. The Labute approximate surface area is 78.2 Å². The number of hydrogen-bond donors (Lipinski definition) is 0. The van der Waals surface area contributed by atoms with Crippen LogP contribution >= 0.6 is 0 Å². The van der Waals surface area contributed by atoms with E-state index in [1.54, 1.807) is 13.0 Å². The third-order valence-electron chi connectivity index (χ3n) is 2.96. The lowest BCUT2D eigenvalue weighted by Gasteiger charge is -2.27. The molecule has 0 radical (unpaired) electrons. The van der Waals surface area contributed by atoms with E-state index in [1.165, 1.54) is 0 Å². The molecule has 0 N–H and O–H groups in total. The lowest BCUT2D eigenvalue weighted by molar-refractivity contribution is 0.171. The molecule has 3 heteroatoms. The Morgan fingerprint density at radius 1 is 1.46 bits per heavy atom. The molecule has 74 valence electrons. The summed E-state index contributed by atoms with van der Waals surface area (Å²) in [5.41, 5.74) is 0. The van der Waals surface area contributed by atoms with Crippen LogP contribution in [0.15, 0.2) is 4.99 Å². The Balaban J connectivity index is 2.26. The topological polar surface area (TPSA) is 29.4 Å². The van der Waals surface area contributed by atoms with E-state index in [-0.39, 0.29) is 5.92 Å². The van der Waals surface area contributed by atoms with Crippen LogP contribution < -0.4 is 0 Å². The van der Waals surface area contributed by atoms with Crippen LogP contribution in [0.4, 0.5) is 4.39 Å². The van der Waals surface area contributed by atoms with Crippen LogP contribution in [0, 0.1) is 11.8 Å². The number of carbonyl (C=O) groups excluding carboxylic acids is 1. The molecule has 0 aromatic heterocycles. The fourth-order valence-corrected chi connectivity index (χ4v) is 2.00. The lowest BCUT2D eigenvalue weighted by Crippen LogP contribution is -2.22. The summed E-state index contributed by atoms with van der Waals surface area (Å²) in [5.74, 6) is 0.716. The van der Waals surface area contributed by atoms with Gasteiger partial charge in [-0.2, -0.15) is 0 Å². The van der Waals surface area contributed by atoms with Crippen LogP contribution in [0.25, 0.3) is 0 Å². The van der Waals surface area contributed by atoms with E-state index in [2.05, 4.69) is 4.99 Å². The minimum atomic E-state index is -0.685. The van der Waals surface area contributed by atoms with Crippen molar-refractivity contribution in [2.75, 3.05) is 6.54 Å². The van der Waals surface area contributed by atoms with Gasteiger partial charge in [-0.3, -0.25) is 0 Å². The monoisotopic (exact) mass is 185 g/mol. The van der Waals surface area contributed by atoms with Gasteiger partial charge < -0.3 is 0 Å². The summed E-state index contributed by atoms with van der Waals surface area (Å²) >= 11 is 0. The highest BCUT2D eigenvalue weighted by Crippen LogP contribution is 2.31. The fourth-order valence-electron chi connectivity index (χ4n) is 2.00. The van der Waals surface area contributed by atoms with Crippen molar-refractivity contribution in [3.05, 3.63) is 0 Å². The Morgan fingerprint density at radius 3 is 2.54 bits per heavy atom. The van der Waals surface area contributed by atoms with Crippen LogP contribution in [0.2, 0.25) is 0 Å². The molecule has 1 fully saturated rings. The first kappa shape index (κ1) is 10.4. The van der Waals surface area contributed by atoms with Crippen molar-refractivity contribution >= 4 is 6.08 Å². The maximum absolute atomic E-state index is 12.9. The third kappa shape index (κ3) is 3.27. The van der Waals surface area contributed by atoms with Gasteiger partial charge in [-0.15, -0.1) is 0 Å². The van der Waals surface area contributed by atoms with Crippen molar-refractivity contribution in [3.63, 3.8) is 0 Å². The van der Waals surface area contributed by atoms with Gasteiger partial charge in [-0.05, 0) is 44.4 Å². The molecule has 0 saturated heterocycles. The summed E-state index contributed by atoms with van der Waals surface area (Å²) in [6.07, 6.45) is 4.76. The second-order valence-electron chi connectivity index (χ2n) is 3.89. The Hall–Kier alpha value is -0.690. The maximum atomic E-state index is 12.9. The predicted octanol–water partition coefficient (Wildman–Crippen LogP) is 2.49. The van der Waals surface area contributed by atoms with E-state index in [9.17, 15) is 9.18 Å². The number of isocyanates is 1. The maximum Gasteiger partial charge on any atom is 0.234 e. The molecule has 1 atom stereocenters. The van der Waals surface area contributed by atoms with Crippen molar-refractivity contribution in [1.82, 2.24) is 0 Å². The number of aliphatic imine (C=N–C) groups is 1. The van der Waals surface area contributed by atoms with Gasteiger partial charge in [0.1, 0.15) is 6.17 Å². The summed E-state index contributed by atoms with van der Waals surface area (Å²) < 4.78 is 12.9. The van der Waals surface area contributed by atoms with Crippen LogP contribution in [-0.4, -0.2) is 18.8 Å². The van der Waals surface area contributed by atoms with E-state index in [0.717, 1.165) is 25.7 Å². The quantitative estimate of drug-likeness (QED) is 0.490. The average Bonchev–Trinajstić information content (AvgIpc) is 2.15. The Bertz CT molecular complexity index is 191. The fraction of sp³-hybridized carbons (Fsp3) is 0.900. The molecule has 1 saturated carbocycles. The van der Waals surface area contributed by atoms with Crippen LogP contribution in [-0.2, 0) is 4.79 Å². The Kier molecular flexibility index (Phi) is 4.10. The first-order valence-corrected chi connectivity index (χ1v) is 4.91. The van der Waals surface area contributed by atoms with E-state index in [1.807, 2.05) is 0 Å². The summed E-state index contributed by atoms with van der Waals surface area (Å²) in [4.78, 5) is 13.4. The second kappa shape index (κ2) is 5.13. The van der Waals surface area contributed by atoms with Gasteiger partial charge in [0.25, 0.3) is 0 Å². The molecule has 13 heavy (non-hydrogen) atoms. The summed E-state index contributed by atoms with van der Waals surface area (Å²) in [5, 5.41) is 0. The van der Waals surface area contributed by atoms with Crippen molar-refractivity contribution in [1.29, 1.82) is 0 Å². The van der Waals surface area contributed by atoms with Gasteiger partial charge >= 0.3 is 0 Å². The van der Waals surface area contributed by atoms with Crippen molar-refractivity contribution in [2.24, 2.45) is 16.8 Å². The number of halogens is 1. The minimum absolute atomic E-state index is 0.233. The zero-order valence-electron chi connectivity index (χ0n) is 8.00. The van der Waals surface area contributed by atoms with Gasteiger partial charge in [0.2, 0.25) is 6.08 Å². The molecule has 1 aliphatic rings. The molecule has 1 aliphatic carbocycles.